The van der Waals surface area contributed by atoms with E-state index in [-0.39, 0.29) is 5.91 Å². The zero-order chi connectivity index (χ0) is 21.6. The third-order valence-electron chi connectivity index (χ3n) is 4.97. The minimum Gasteiger partial charge on any atom is -0.348 e. The van der Waals surface area contributed by atoms with Crippen molar-refractivity contribution >= 4 is 5.91 Å². The van der Waals surface area contributed by atoms with E-state index in [1.54, 1.807) is 29.2 Å². The highest BCUT2D eigenvalue weighted by Gasteiger charge is 2.10. The van der Waals surface area contributed by atoms with Gasteiger partial charge in [0.2, 0.25) is 0 Å². The first-order chi connectivity index (χ1) is 15.1. The van der Waals surface area contributed by atoms with Gasteiger partial charge >= 0.3 is 0 Å². The van der Waals surface area contributed by atoms with Crippen molar-refractivity contribution in [2.75, 3.05) is 14.1 Å². The minimum atomic E-state index is -0.157. The molecule has 0 aliphatic carbocycles. The summed E-state index contributed by atoms with van der Waals surface area (Å²) >= 11 is 0. The molecule has 1 N–H and O–H groups in total. The van der Waals surface area contributed by atoms with E-state index >= 15 is 0 Å². The highest BCUT2D eigenvalue weighted by molar-refractivity contribution is 5.94. The normalized spacial score (nSPS) is 10.9. The Hall–Kier alpha value is -3.77. The third-order valence-corrected chi connectivity index (χ3v) is 4.97. The van der Waals surface area contributed by atoms with E-state index in [2.05, 4.69) is 64.7 Å². The molecule has 0 saturated carbocycles. The van der Waals surface area contributed by atoms with Crippen molar-refractivity contribution < 1.29 is 4.79 Å². The van der Waals surface area contributed by atoms with Crippen LogP contribution in [0.2, 0.25) is 0 Å². The first-order valence-electron chi connectivity index (χ1n) is 10.2. The van der Waals surface area contributed by atoms with Crippen molar-refractivity contribution in [1.29, 1.82) is 0 Å². The lowest BCUT2D eigenvalue weighted by Crippen LogP contribution is -2.23. The molecule has 2 aromatic carbocycles. The van der Waals surface area contributed by atoms with Crippen LogP contribution in [0.15, 0.2) is 85.3 Å². The van der Waals surface area contributed by atoms with Crippen molar-refractivity contribution in [1.82, 2.24) is 25.0 Å². The molecule has 0 bridgehead atoms. The summed E-state index contributed by atoms with van der Waals surface area (Å²) in [7, 11) is 4.12. The fraction of sp³-hybridized carbons (Fsp3) is 0.160. The average Bonchev–Trinajstić information content (AvgIpc) is 3.33. The number of aromatic nitrogens is 3. The highest BCUT2D eigenvalue weighted by Crippen LogP contribution is 2.24. The van der Waals surface area contributed by atoms with Crippen LogP contribution in [0.1, 0.15) is 21.5 Å². The number of nitrogens with zero attached hydrogens (tertiary/aromatic N) is 4. The molecule has 6 nitrogen and oxygen atoms in total. The Morgan fingerprint density at radius 3 is 2.48 bits per heavy atom. The maximum absolute atomic E-state index is 12.6. The Morgan fingerprint density at radius 2 is 1.81 bits per heavy atom. The van der Waals surface area contributed by atoms with Gasteiger partial charge in [-0.3, -0.25) is 4.79 Å². The second-order valence-corrected chi connectivity index (χ2v) is 7.63. The summed E-state index contributed by atoms with van der Waals surface area (Å²) in [6.45, 7) is 1.35. The number of amides is 1. The van der Waals surface area contributed by atoms with Crippen LogP contribution in [-0.4, -0.2) is 39.7 Å². The van der Waals surface area contributed by atoms with Gasteiger partial charge in [-0.25, -0.2) is 9.67 Å². The first-order valence-corrected chi connectivity index (χ1v) is 10.2. The van der Waals surface area contributed by atoms with Crippen molar-refractivity contribution in [3.05, 3.63) is 102 Å². The number of hydrogen-bond acceptors (Lipinski definition) is 4. The lowest BCUT2D eigenvalue weighted by atomic mass is 9.98. The number of nitrogens with one attached hydrogen (secondary N) is 1. The molecule has 0 spiro atoms. The maximum Gasteiger partial charge on any atom is 0.253 e. The van der Waals surface area contributed by atoms with Gasteiger partial charge in [0.15, 0.2) is 5.82 Å². The number of rotatable bonds is 7. The molecule has 0 fully saturated rings. The van der Waals surface area contributed by atoms with Gasteiger partial charge in [-0.05, 0) is 54.5 Å². The molecule has 0 saturated heterocycles. The van der Waals surface area contributed by atoms with Crippen LogP contribution in [0.4, 0.5) is 0 Å². The quantitative estimate of drug-likeness (QED) is 0.501. The Kier molecular flexibility index (Phi) is 6.19. The van der Waals surface area contributed by atoms with Crippen LogP contribution in [0.5, 0.6) is 0 Å². The van der Waals surface area contributed by atoms with Crippen LogP contribution in [0, 0.1) is 0 Å². The van der Waals surface area contributed by atoms with Gasteiger partial charge in [0.25, 0.3) is 5.91 Å². The summed E-state index contributed by atoms with van der Waals surface area (Å²) in [6, 6.07) is 22.1. The maximum atomic E-state index is 12.6. The van der Waals surface area contributed by atoms with Crippen molar-refractivity contribution in [3.63, 3.8) is 0 Å². The highest BCUT2D eigenvalue weighted by atomic mass is 16.1. The zero-order valence-electron chi connectivity index (χ0n) is 17.7. The fourth-order valence-electron chi connectivity index (χ4n) is 3.45. The van der Waals surface area contributed by atoms with Crippen LogP contribution >= 0.6 is 0 Å². The molecular weight excluding hydrogens is 386 g/mol. The average molecular weight is 412 g/mol. The third kappa shape index (κ3) is 5.05. The summed E-state index contributed by atoms with van der Waals surface area (Å²) in [4.78, 5) is 19.1. The monoisotopic (exact) mass is 411 g/mol. The molecule has 4 aromatic rings. The molecule has 31 heavy (non-hydrogen) atoms. The number of benzene rings is 2. The molecule has 6 heteroatoms. The molecule has 1 amide bonds. The van der Waals surface area contributed by atoms with Crippen molar-refractivity contribution in [2.24, 2.45) is 0 Å². The van der Waals surface area contributed by atoms with Gasteiger partial charge in [-0.15, -0.1) is 0 Å². The van der Waals surface area contributed by atoms with E-state index in [4.69, 9.17) is 0 Å². The summed E-state index contributed by atoms with van der Waals surface area (Å²) < 4.78 is 1.65. The topological polar surface area (TPSA) is 63.1 Å². The van der Waals surface area contributed by atoms with E-state index < -0.39 is 0 Å². The Bertz CT molecular complexity index is 1130. The first kappa shape index (κ1) is 20.5. The predicted molar refractivity (Wildman–Crippen MR) is 122 cm³/mol. The Balaban J connectivity index is 1.45. The SMILES string of the molecule is CN(C)Cc1ccc(-c2ccccc2CNC(=O)c2ccc(-n3cccn3)nc2)cc1. The predicted octanol–water partition coefficient (Wildman–Crippen LogP) is 3.93. The lowest BCUT2D eigenvalue weighted by molar-refractivity contribution is 0.0950. The molecular formula is C25H25N5O. The molecule has 2 heterocycles. The van der Waals surface area contributed by atoms with Gasteiger partial charge in [0.05, 0.1) is 5.56 Å². The number of carbonyl (C=O) groups excluding carboxylic acids is 1. The molecule has 4 rings (SSSR count). The molecule has 0 aliphatic heterocycles. The van der Waals surface area contributed by atoms with E-state index in [0.29, 0.717) is 17.9 Å². The van der Waals surface area contributed by atoms with Crippen LogP contribution in [0.25, 0.3) is 16.9 Å². The van der Waals surface area contributed by atoms with E-state index in [1.807, 2.05) is 30.5 Å². The van der Waals surface area contributed by atoms with Crippen LogP contribution in [-0.2, 0) is 13.1 Å². The van der Waals surface area contributed by atoms with E-state index in [1.165, 1.54) is 5.56 Å². The standard InChI is InChI=1S/C25H25N5O/c1-29(2)18-19-8-10-20(11-9-19)23-7-4-3-6-21(23)16-27-25(31)22-12-13-24(26-17-22)30-15-5-14-28-30/h3-15,17H,16,18H2,1-2H3,(H,27,31). The number of pyridine rings is 1. The van der Waals surface area contributed by atoms with Crippen LogP contribution in [0.3, 0.4) is 0 Å². The summed E-state index contributed by atoms with van der Waals surface area (Å²) in [5.41, 5.74) is 5.10. The molecule has 0 unspecified atom stereocenters. The van der Waals surface area contributed by atoms with E-state index in [0.717, 1.165) is 23.2 Å². The van der Waals surface area contributed by atoms with Gasteiger partial charge in [0.1, 0.15) is 0 Å². The molecule has 156 valence electrons. The van der Waals surface area contributed by atoms with Gasteiger partial charge in [-0.1, -0.05) is 48.5 Å². The van der Waals surface area contributed by atoms with Crippen LogP contribution < -0.4 is 5.32 Å². The second kappa shape index (κ2) is 9.36. The lowest BCUT2D eigenvalue weighted by Gasteiger charge is -2.13. The van der Waals surface area contributed by atoms with Gasteiger partial charge < -0.3 is 10.2 Å². The smallest absolute Gasteiger partial charge is 0.253 e. The molecule has 0 radical (unpaired) electrons. The summed E-state index contributed by atoms with van der Waals surface area (Å²) in [6.07, 6.45) is 5.07. The Labute approximate surface area is 182 Å². The largest absolute Gasteiger partial charge is 0.348 e. The number of carbonyl (C=O) groups is 1. The Morgan fingerprint density at radius 1 is 1.00 bits per heavy atom. The minimum absolute atomic E-state index is 0.157. The van der Waals surface area contributed by atoms with E-state index in [9.17, 15) is 4.79 Å². The molecule has 0 atom stereocenters. The second-order valence-electron chi connectivity index (χ2n) is 7.63. The van der Waals surface area contributed by atoms with Crippen molar-refractivity contribution in [2.45, 2.75) is 13.1 Å². The van der Waals surface area contributed by atoms with Crippen molar-refractivity contribution in [3.8, 4) is 16.9 Å². The van der Waals surface area contributed by atoms with Gasteiger partial charge in [-0.2, -0.15) is 5.10 Å². The summed E-state index contributed by atoms with van der Waals surface area (Å²) in [5.74, 6) is 0.514. The fourth-order valence-corrected chi connectivity index (χ4v) is 3.45. The number of hydrogen-bond donors (Lipinski definition) is 1. The molecule has 2 aromatic heterocycles. The zero-order valence-corrected chi connectivity index (χ0v) is 17.7. The molecule has 0 aliphatic rings. The summed E-state index contributed by atoms with van der Waals surface area (Å²) in [5, 5.41) is 7.16. The van der Waals surface area contributed by atoms with Gasteiger partial charge in [0, 0.05) is 31.7 Å².